The Morgan fingerprint density at radius 1 is 1.13 bits per heavy atom. The Morgan fingerprint density at radius 2 is 1.87 bits per heavy atom. The molecule has 0 unspecified atom stereocenters. The molecule has 0 fully saturated rings. The number of ether oxygens (including phenoxy) is 1. The Balaban J connectivity index is 1.51. The van der Waals surface area contributed by atoms with Crippen molar-refractivity contribution in [2.45, 2.75) is 26.5 Å². The van der Waals surface area contributed by atoms with Gasteiger partial charge in [0.15, 0.2) is 6.10 Å². The third-order valence-corrected chi connectivity index (χ3v) is 4.98. The van der Waals surface area contributed by atoms with Gasteiger partial charge < -0.3 is 19.0 Å². The fraction of sp³-hybridized carbons (Fsp3) is 0.182. The summed E-state index contributed by atoms with van der Waals surface area (Å²) in [6.07, 6.45) is -1.13. The van der Waals surface area contributed by atoms with Gasteiger partial charge in [0.2, 0.25) is 5.76 Å². The predicted molar refractivity (Wildman–Crippen MR) is 114 cm³/mol. The molecule has 4 aromatic rings. The van der Waals surface area contributed by atoms with Gasteiger partial charge in [0.05, 0.1) is 6.07 Å². The standard InChI is InChI=1S/C22H19N3O6/c1-3-24-17-7-5-4-6-15(17)16-12-14(8-9-18(16)24)23-21(26)13(2)30-22(27)19-10-11-20(31-19)25(28)29/h4-13H,3H2,1-2H3,(H,23,26)/t13-/m1/s1. The Kier molecular flexibility index (Phi) is 5.16. The molecule has 0 aliphatic heterocycles. The van der Waals surface area contributed by atoms with Crippen molar-refractivity contribution in [1.29, 1.82) is 0 Å². The molecule has 1 N–H and O–H groups in total. The molecule has 1 amide bonds. The van der Waals surface area contributed by atoms with Crippen LogP contribution in [0.15, 0.2) is 59.0 Å². The van der Waals surface area contributed by atoms with E-state index >= 15 is 0 Å². The van der Waals surface area contributed by atoms with Gasteiger partial charge in [0, 0.05) is 34.0 Å². The molecule has 0 saturated heterocycles. The summed E-state index contributed by atoms with van der Waals surface area (Å²) in [5.41, 5.74) is 2.73. The Bertz CT molecular complexity index is 1320. The van der Waals surface area contributed by atoms with Crippen LogP contribution in [0.4, 0.5) is 11.6 Å². The van der Waals surface area contributed by atoms with Crippen LogP contribution in [0.25, 0.3) is 21.8 Å². The van der Waals surface area contributed by atoms with Gasteiger partial charge in [-0.25, -0.2) is 4.79 Å². The van der Waals surface area contributed by atoms with Gasteiger partial charge in [-0.3, -0.25) is 14.9 Å². The molecule has 2 aromatic carbocycles. The van der Waals surface area contributed by atoms with Gasteiger partial charge in [-0.05, 0) is 44.2 Å². The van der Waals surface area contributed by atoms with E-state index in [1.165, 1.54) is 6.92 Å². The van der Waals surface area contributed by atoms with E-state index < -0.39 is 28.8 Å². The number of anilines is 1. The highest BCUT2D eigenvalue weighted by Gasteiger charge is 2.23. The zero-order valence-electron chi connectivity index (χ0n) is 16.8. The summed E-state index contributed by atoms with van der Waals surface area (Å²) >= 11 is 0. The maximum atomic E-state index is 12.5. The number of hydrogen-bond acceptors (Lipinski definition) is 6. The molecule has 0 spiro atoms. The van der Waals surface area contributed by atoms with E-state index in [1.54, 1.807) is 6.07 Å². The van der Waals surface area contributed by atoms with E-state index in [-0.39, 0.29) is 5.76 Å². The van der Waals surface area contributed by atoms with Gasteiger partial charge in [0.25, 0.3) is 5.91 Å². The Morgan fingerprint density at radius 3 is 2.58 bits per heavy atom. The lowest BCUT2D eigenvalue weighted by molar-refractivity contribution is -0.402. The molecule has 0 aliphatic rings. The van der Waals surface area contributed by atoms with Crippen LogP contribution >= 0.6 is 0 Å². The first kappa shape index (κ1) is 20.1. The summed E-state index contributed by atoms with van der Waals surface area (Å²) < 4.78 is 12.1. The quantitative estimate of drug-likeness (QED) is 0.278. The first-order chi connectivity index (χ1) is 14.9. The summed E-state index contributed by atoms with van der Waals surface area (Å²) in [4.78, 5) is 34.5. The number of nitro groups is 1. The average molecular weight is 421 g/mol. The number of nitrogens with one attached hydrogen (secondary N) is 1. The fourth-order valence-corrected chi connectivity index (χ4v) is 3.52. The molecule has 0 bridgehead atoms. The number of rotatable bonds is 6. The maximum Gasteiger partial charge on any atom is 0.433 e. The van der Waals surface area contributed by atoms with Crippen molar-refractivity contribution in [3.8, 4) is 0 Å². The zero-order chi connectivity index (χ0) is 22.1. The third-order valence-electron chi connectivity index (χ3n) is 4.98. The number of furan rings is 1. The maximum absolute atomic E-state index is 12.5. The number of nitrogens with zero attached hydrogens (tertiary/aromatic N) is 2. The van der Waals surface area contributed by atoms with Gasteiger partial charge in [-0.15, -0.1) is 0 Å². The topological polar surface area (TPSA) is 117 Å². The number of amides is 1. The molecule has 0 radical (unpaired) electrons. The van der Waals surface area contributed by atoms with Crippen LogP contribution in [0.1, 0.15) is 24.4 Å². The molecule has 4 rings (SSSR count). The number of para-hydroxylation sites is 1. The van der Waals surface area contributed by atoms with E-state index in [4.69, 9.17) is 9.15 Å². The van der Waals surface area contributed by atoms with Crippen molar-refractivity contribution >= 4 is 45.3 Å². The largest absolute Gasteiger partial charge is 0.447 e. The number of aromatic nitrogens is 1. The van der Waals surface area contributed by atoms with Crippen LogP contribution in [-0.4, -0.2) is 27.5 Å². The van der Waals surface area contributed by atoms with Gasteiger partial charge in [-0.1, -0.05) is 18.2 Å². The van der Waals surface area contributed by atoms with E-state index in [0.29, 0.717) is 5.69 Å². The average Bonchev–Trinajstić information content (AvgIpc) is 3.37. The Labute approximate surface area is 176 Å². The van der Waals surface area contributed by atoms with Crippen LogP contribution < -0.4 is 5.32 Å². The fourth-order valence-electron chi connectivity index (χ4n) is 3.52. The highest BCUT2D eigenvalue weighted by Crippen LogP contribution is 2.31. The highest BCUT2D eigenvalue weighted by atomic mass is 16.7. The second-order valence-corrected chi connectivity index (χ2v) is 6.93. The van der Waals surface area contributed by atoms with E-state index in [9.17, 15) is 19.7 Å². The Hall–Kier alpha value is -4.14. The summed E-state index contributed by atoms with van der Waals surface area (Å²) in [6.45, 7) is 4.30. The molecule has 2 heterocycles. The second-order valence-electron chi connectivity index (χ2n) is 6.93. The molecular weight excluding hydrogens is 402 g/mol. The third kappa shape index (κ3) is 3.73. The van der Waals surface area contributed by atoms with Crippen molar-refractivity contribution < 1.29 is 23.7 Å². The molecule has 0 aliphatic carbocycles. The minimum atomic E-state index is -1.13. The summed E-state index contributed by atoms with van der Waals surface area (Å²) in [6, 6.07) is 15.8. The van der Waals surface area contributed by atoms with Crippen LogP contribution in [0.3, 0.4) is 0 Å². The number of fused-ring (bicyclic) bond motifs is 3. The number of hydrogen-bond donors (Lipinski definition) is 1. The number of carbonyl (C=O) groups excluding carboxylic acids is 2. The molecule has 31 heavy (non-hydrogen) atoms. The first-order valence-corrected chi connectivity index (χ1v) is 9.66. The van der Waals surface area contributed by atoms with Crippen molar-refractivity contribution in [3.63, 3.8) is 0 Å². The predicted octanol–water partition coefficient (Wildman–Crippen LogP) is 4.50. The van der Waals surface area contributed by atoms with Crippen LogP contribution in [0, 0.1) is 10.1 Å². The van der Waals surface area contributed by atoms with E-state index in [0.717, 1.165) is 40.5 Å². The van der Waals surface area contributed by atoms with Gasteiger partial charge >= 0.3 is 11.9 Å². The lowest BCUT2D eigenvalue weighted by Gasteiger charge is -2.13. The monoisotopic (exact) mass is 421 g/mol. The summed E-state index contributed by atoms with van der Waals surface area (Å²) in [5.74, 6) is -2.42. The number of aryl methyl sites for hydroxylation is 1. The highest BCUT2D eigenvalue weighted by molar-refractivity contribution is 6.10. The normalized spacial score (nSPS) is 12.1. The second kappa shape index (κ2) is 7.94. The van der Waals surface area contributed by atoms with Crippen molar-refractivity contribution in [2.75, 3.05) is 5.32 Å². The van der Waals surface area contributed by atoms with E-state index in [1.807, 2.05) is 30.3 Å². The van der Waals surface area contributed by atoms with Crippen molar-refractivity contribution in [2.24, 2.45) is 0 Å². The molecule has 9 nitrogen and oxygen atoms in total. The molecule has 2 aromatic heterocycles. The van der Waals surface area contributed by atoms with E-state index in [2.05, 4.69) is 22.9 Å². The lowest BCUT2D eigenvalue weighted by Crippen LogP contribution is -2.29. The van der Waals surface area contributed by atoms with Crippen LogP contribution in [0.5, 0.6) is 0 Å². The minimum absolute atomic E-state index is 0.347. The van der Waals surface area contributed by atoms with Gasteiger partial charge in [0.1, 0.15) is 4.92 Å². The van der Waals surface area contributed by atoms with Crippen LogP contribution in [0.2, 0.25) is 0 Å². The smallest absolute Gasteiger partial charge is 0.433 e. The van der Waals surface area contributed by atoms with Crippen molar-refractivity contribution in [3.05, 3.63) is 70.5 Å². The molecule has 1 atom stereocenters. The number of carbonyl (C=O) groups is 2. The first-order valence-electron chi connectivity index (χ1n) is 9.66. The number of benzene rings is 2. The molecule has 9 heteroatoms. The summed E-state index contributed by atoms with van der Waals surface area (Å²) in [7, 11) is 0. The number of esters is 1. The van der Waals surface area contributed by atoms with Gasteiger partial charge in [-0.2, -0.15) is 0 Å². The summed E-state index contributed by atoms with van der Waals surface area (Å²) in [5, 5.41) is 15.5. The van der Waals surface area contributed by atoms with Crippen molar-refractivity contribution in [1.82, 2.24) is 4.57 Å². The SMILES string of the molecule is CCn1c2ccccc2c2cc(NC(=O)[C@@H](C)OC(=O)c3ccc([N+](=O)[O-])o3)ccc21. The molecular formula is C22H19N3O6. The zero-order valence-corrected chi connectivity index (χ0v) is 16.8. The molecule has 158 valence electrons. The van der Waals surface area contributed by atoms with Crippen LogP contribution in [-0.2, 0) is 16.1 Å². The lowest BCUT2D eigenvalue weighted by atomic mass is 10.1. The molecule has 0 saturated carbocycles. The minimum Gasteiger partial charge on any atom is -0.447 e.